The molecule has 1 saturated heterocycles. The van der Waals surface area contributed by atoms with E-state index in [0.29, 0.717) is 30.5 Å². The first-order valence-corrected chi connectivity index (χ1v) is 6.25. The quantitative estimate of drug-likeness (QED) is 0.887. The lowest BCUT2D eigenvalue weighted by Crippen LogP contribution is -2.44. The third kappa shape index (κ3) is 2.73. The number of anilines is 1. The second-order valence-corrected chi connectivity index (χ2v) is 4.62. The molecule has 1 amide bonds. The highest BCUT2D eigenvalue weighted by Gasteiger charge is 2.25. The van der Waals surface area contributed by atoms with Crippen LogP contribution in [0.2, 0.25) is 5.02 Å². The minimum absolute atomic E-state index is 0.0500. The molecule has 1 N–H and O–H groups in total. The lowest BCUT2D eigenvalue weighted by molar-refractivity contribution is -0.0126. The predicted molar refractivity (Wildman–Crippen MR) is 70.1 cm³/mol. The van der Waals surface area contributed by atoms with Crippen molar-refractivity contribution in [3.05, 3.63) is 22.8 Å². The monoisotopic (exact) mass is 269 g/mol. The van der Waals surface area contributed by atoms with Crippen LogP contribution in [0, 0.1) is 0 Å². The summed E-state index contributed by atoms with van der Waals surface area (Å²) in [6.45, 7) is 3.64. The molecule has 1 fully saturated rings. The molecule has 1 aromatic heterocycles. The maximum Gasteiger partial charge on any atom is 0.274 e. The number of carbonyl (C=O) groups excluding carboxylic acids is 1. The molecule has 0 spiro atoms. The van der Waals surface area contributed by atoms with Crippen LogP contribution in [0.3, 0.4) is 0 Å². The number of ether oxygens (including phenoxy) is 1. The molecule has 6 heteroatoms. The molecule has 0 aliphatic carbocycles. The summed E-state index contributed by atoms with van der Waals surface area (Å²) in [6.07, 6.45) is 0.0500. The fourth-order valence-corrected chi connectivity index (χ4v) is 2.07. The van der Waals surface area contributed by atoms with Gasteiger partial charge in [-0.25, -0.2) is 4.98 Å². The molecule has 5 nitrogen and oxygen atoms in total. The van der Waals surface area contributed by atoms with E-state index < -0.39 is 0 Å². The smallest absolute Gasteiger partial charge is 0.274 e. The van der Waals surface area contributed by atoms with Crippen molar-refractivity contribution in [1.82, 2.24) is 9.88 Å². The Labute approximate surface area is 111 Å². The van der Waals surface area contributed by atoms with Gasteiger partial charge in [-0.2, -0.15) is 0 Å². The van der Waals surface area contributed by atoms with Gasteiger partial charge >= 0.3 is 0 Å². The van der Waals surface area contributed by atoms with E-state index in [-0.39, 0.29) is 17.7 Å². The minimum Gasteiger partial charge on any atom is -0.375 e. The molecule has 98 valence electrons. The molecule has 1 aliphatic heterocycles. The number of hydrogen-bond acceptors (Lipinski definition) is 4. The van der Waals surface area contributed by atoms with E-state index in [1.165, 1.54) is 0 Å². The second-order valence-electron chi connectivity index (χ2n) is 4.21. The molecule has 1 aliphatic rings. The molecule has 18 heavy (non-hydrogen) atoms. The molecule has 1 aromatic rings. The number of morpholine rings is 1. The average molecular weight is 270 g/mol. The molecule has 0 aromatic carbocycles. The van der Waals surface area contributed by atoms with Gasteiger partial charge in [0.15, 0.2) is 0 Å². The van der Waals surface area contributed by atoms with Crippen LogP contribution >= 0.6 is 11.6 Å². The van der Waals surface area contributed by atoms with Gasteiger partial charge in [0, 0.05) is 20.1 Å². The maximum atomic E-state index is 12.3. The summed E-state index contributed by atoms with van der Waals surface area (Å²) in [7, 11) is 1.75. The van der Waals surface area contributed by atoms with Crippen molar-refractivity contribution in [3.63, 3.8) is 0 Å². The van der Waals surface area contributed by atoms with Gasteiger partial charge in [0.25, 0.3) is 5.91 Å². The predicted octanol–water partition coefficient (Wildman–Crippen LogP) is 1.64. The number of nitrogens with one attached hydrogen (secondary N) is 1. The fraction of sp³-hybridized carbons (Fsp3) is 0.500. The first-order valence-electron chi connectivity index (χ1n) is 5.87. The van der Waals surface area contributed by atoms with E-state index in [0.717, 1.165) is 0 Å². The van der Waals surface area contributed by atoms with Crippen LogP contribution in [0.15, 0.2) is 12.1 Å². The van der Waals surface area contributed by atoms with Gasteiger partial charge in [-0.15, -0.1) is 0 Å². The van der Waals surface area contributed by atoms with Crippen LogP contribution < -0.4 is 5.32 Å². The number of pyridine rings is 1. The summed E-state index contributed by atoms with van der Waals surface area (Å²) >= 11 is 6.03. The number of halogens is 1. The number of rotatable bonds is 2. The molecule has 0 bridgehead atoms. The standard InChI is InChI=1S/C12H16ClN3O2/c1-8-7-16(5-6-18-8)12(17)11-9(13)3-4-10(14-2)15-11/h3-4,8H,5-7H2,1-2H3,(H,14,15). The molecule has 1 unspecified atom stereocenters. The van der Waals surface area contributed by atoms with E-state index in [1.807, 2.05) is 6.92 Å². The van der Waals surface area contributed by atoms with Crippen LogP contribution in [0.1, 0.15) is 17.4 Å². The number of hydrogen-bond donors (Lipinski definition) is 1. The number of aromatic nitrogens is 1. The van der Waals surface area contributed by atoms with Gasteiger partial charge in [0.1, 0.15) is 11.5 Å². The van der Waals surface area contributed by atoms with E-state index in [4.69, 9.17) is 16.3 Å². The van der Waals surface area contributed by atoms with Crippen molar-refractivity contribution in [2.75, 3.05) is 32.1 Å². The summed E-state index contributed by atoms with van der Waals surface area (Å²) in [4.78, 5) is 18.3. The zero-order chi connectivity index (χ0) is 13.1. The van der Waals surface area contributed by atoms with Crippen molar-refractivity contribution in [1.29, 1.82) is 0 Å². The molecule has 0 saturated carbocycles. The van der Waals surface area contributed by atoms with E-state index >= 15 is 0 Å². The van der Waals surface area contributed by atoms with Crippen molar-refractivity contribution in [2.45, 2.75) is 13.0 Å². The topological polar surface area (TPSA) is 54.5 Å². The van der Waals surface area contributed by atoms with Gasteiger partial charge in [0.05, 0.1) is 17.7 Å². The largest absolute Gasteiger partial charge is 0.375 e. The highest BCUT2D eigenvalue weighted by Crippen LogP contribution is 2.19. The zero-order valence-corrected chi connectivity index (χ0v) is 11.2. The van der Waals surface area contributed by atoms with Crippen LogP contribution in [-0.4, -0.2) is 48.6 Å². The second kappa shape index (κ2) is 5.54. The Morgan fingerprint density at radius 3 is 3.06 bits per heavy atom. The zero-order valence-electron chi connectivity index (χ0n) is 10.4. The normalized spacial score (nSPS) is 19.7. The Morgan fingerprint density at radius 1 is 1.61 bits per heavy atom. The lowest BCUT2D eigenvalue weighted by atomic mass is 10.2. The first-order chi connectivity index (χ1) is 8.61. The minimum atomic E-state index is -0.146. The molecular formula is C12H16ClN3O2. The Kier molecular flexibility index (Phi) is 4.04. The highest BCUT2D eigenvalue weighted by atomic mass is 35.5. The van der Waals surface area contributed by atoms with Gasteiger partial charge in [0.2, 0.25) is 0 Å². The van der Waals surface area contributed by atoms with Crippen molar-refractivity contribution in [3.8, 4) is 0 Å². The SMILES string of the molecule is CNc1ccc(Cl)c(C(=O)N2CCOC(C)C2)n1. The molecule has 1 atom stereocenters. The Bertz CT molecular complexity index is 453. The summed E-state index contributed by atoms with van der Waals surface area (Å²) in [5, 5.41) is 3.27. The average Bonchev–Trinajstić information content (AvgIpc) is 2.38. The van der Waals surface area contributed by atoms with Crippen LogP contribution in [0.5, 0.6) is 0 Å². The maximum absolute atomic E-state index is 12.3. The van der Waals surface area contributed by atoms with Crippen molar-refractivity contribution >= 4 is 23.3 Å². The van der Waals surface area contributed by atoms with Gasteiger partial charge in [-0.05, 0) is 19.1 Å². The van der Waals surface area contributed by atoms with Crippen molar-refractivity contribution in [2.24, 2.45) is 0 Å². The van der Waals surface area contributed by atoms with Crippen molar-refractivity contribution < 1.29 is 9.53 Å². The third-order valence-electron chi connectivity index (χ3n) is 2.83. The van der Waals surface area contributed by atoms with Crippen LogP contribution in [0.4, 0.5) is 5.82 Å². The first kappa shape index (κ1) is 13.1. The summed E-state index contributed by atoms with van der Waals surface area (Å²) < 4.78 is 5.41. The number of amides is 1. The fourth-order valence-electron chi connectivity index (χ4n) is 1.88. The molecule has 0 radical (unpaired) electrons. The van der Waals surface area contributed by atoms with Gasteiger partial charge < -0.3 is 15.0 Å². The van der Waals surface area contributed by atoms with Crippen LogP contribution in [-0.2, 0) is 4.74 Å². The summed E-state index contributed by atoms with van der Waals surface area (Å²) in [5.41, 5.74) is 0.289. The third-order valence-corrected chi connectivity index (χ3v) is 3.14. The molecule has 2 heterocycles. The van der Waals surface area contributed by atoms with Gasteiger partial charge in [-0.3, -0.25) is 4.79 Å². The van der Waals surface area contributed by atoms with E-state index in [9.17, 15) is 4.79 Å². The Balaban J connectivity index is 2.22. The Hall–Kier alpha value is -1.33. The molecule has 2 rings (SSSR count). The number of nitrogens with zero attached hydrogens (tertiary/aromatic N) is 2. The molecular weight excluding hydrogens is 254 g/mol. The van der Waals surface area contributed by atoms with Crippen LogP contribution in [0.25, 0.3) is 0 Å². The lowest BCUT2D eigenvalue weighted by Gasteiger charge is -2.31. The summed E-state index contributed by atoms with van der Waals surface area (Å²) in [5.74, 6) is 0.483. The van der Waals surface area contributed by atoms with E-state index in [1.54, 1.807) is 24.1 Å². The highest BCUT2D eigenvalue weighted by molar-refractivity contribution is 6.33. The van der Waals surface area contributed by atoms with E-state index in [2.05, 4.69) is 10.3 Å². The van der Waals surface area contributed by atoms with Gasteiger partial charge in [-0.1, -0.05) is 11.6 Å². The number of carbonyl (C=O) groups is 1. The Morgan fingerprint density at radius 2 is 2.39 bits per heavy atom. The summed E-state index contributed by atoms with van der Waals surface area (Å²) in [6, 6.07) is 3.42.